The van der Waals surface area contributed by atoms with E-state index in [-0.39, 0.29) is 12.0 Å². The van der Waals surface area contributed by atoms with Crippen LogP contribution in [0.2, 0.25) is 0 Å². The molecule has 3 nitrogen and oxygen atoms in total. The van der Waals surface area contributed by atoms with E-state index in [1.807, 2.05) is 22.7 Å². The molecule has 2 aliphatic rings. The Hall–Kier alpha value is -0.720. The van der Waals surface area contributed by atoms with Crippen LogP contribution >= 0.6 is 22.7 Å². The largest absolute Gasteiger partial charge is 0.396 e. The number of hydrogen-bond acceptors (Lipinski definition) is 5. The van der Waals surface area contributed by atoms with Crippen molar-refractivity contribution >= 4 is 22.7 Å². The Balaban J connectivity index is 1.66. The van der Waals surface area contributed by atoms with Gasteiger partial charge >= 0.3 is 0 Å². The zero-order valence-corrected chi connectivity index (χ0v) is 13.5. The molecule has 0 radical (unpaired) electrons. The van der Waals surface area contributed by atoms with Crippen LogP contribution in [0, 0.1) is 5.41 Å². The summed E-state index contributed by atoms with van der Waals surface area (Å²) in [7, 11) is 0. The van der Waals surface area contributed by atoms with Crippen molar-refractivity contribution in [2.24, 2.45) is 5.41 Å². The van der Waals surface area contributed by atoms with Crippen molar-refractivity contribution in [2.45, 2.75) is 12.5 Å². The summed E-state index contributed by atoms with van der Waals surface area (Å²) in [4.78, 5) is 5.47. The molecule has 0 aliphatic carbocycles. The van der Waals surface area contributed by atoms with Crippen molar-refractivity contribution in [2.75, 3.05) is 32.9 Å². The standard InChI is InChI=1S/C16H19NO2S2/c18-9-16(10-19-11-16)8-17-5-3-13-12(4-7-21-13)15(17)14-2-1-6-20-14/h1-2,4,6-7,15,18H,3,5,8-11H2. The maximum absolute atomic E-state index is 9.74. The number of hydrogen-bond donors (Lipinski definition) is 1. The second-order valence-electron chi connectivity index (χ2n) is 6.09. The van der Waals surface area contributed by atoms with E-state index in [0.717, 1.165) is 19.5 Å². The molecule has 0 bridgehead atoms. The highest BCUT2D eigenvalue weighted by molar-refractivity contribution is 7.10. The molecule has 0 spiro atoms. The van der Waals surface area contributed by atoms with Gasteiger partial charge in [0.1, 0.15) is 0 Å². The molecule has 2 aromatic heterocycles. The summed E-state index contributed by atoms with van der Waals surface area (Å²) >= 11 is 3.70. The predicted octanol–water partition coefficient (Wildman–Crippen LogP) is 2.77. The minimum absolute atomic E-state index is 0.0525. The molecule has 1 unspecified atom stereocenters. The maximum atomic E-state index is 9.74. The molecule has 0 aromatic carbocycles. The molecule has 5 heteroatoms. The lowest BCUT2D eigenvalue weighted by atomic mass is 9.84. The van der Waals surface area contributed by atoms with E-state index in [1.54, 1.807) is 0 Å². The van der Waals surface area contributed by atoms with Crippen LogP contribution in [0.5, 0.6) is 0 Å². The number of nitrogens with zero attached hydrogens (tertiary/aromatic N) is 1. The molecule has 1 saturated heterocycles. The average Bonchev–Trinajstić information content (AvgIpc) is 3.13. The van der Waals surface area contributed by atoms with Crippen LogP contribution in [-0.2, 0) is 11.2 Å². The highest BCUT2D eigenvalue weighted by Crippen LogP contribution is 2.41. The predicted molar refractivity (Wildman–Crippen MR) is 86.1 cm³/mol. The van der Waals surface area contributed by atoms with E-state index in [4.69, 9.17) is 4.74 Å². The highest BCUT2D eigenvalue weighted by atomic mass is 32.1. The summed E-state index contributed by atoms with van der Waals surface area (Å²) in [6.07, 6.45) is 1.12. The molecular weight excluding hydrogens is 302 g/mol. The molecule has 112 valence electrons. The molecular formula is C16H19NO2S2. The first-order chi connectivity index (χ1) is 10.3. The third kappa shape index (κ3) is 2.37. The number of aliphatic hydroxyl groups excluding tert-OH is 1. The van der Waals surface area contributed by atoms with Gasteiger partial charge in [0.05, 0.1) is 31.3 Å². The van der Waals surface area contributed by atoms with Crippen LogP contribution in [0.4, 0.5) is 0 Å². The van der Waals surface area contributed by atoms with Gasteiger partial charge < -0.3 is 9.84 Å². The molecule has 0 amide bonds. The van der Waals surface area contributed by atoms with Crippen LogP contribution < -0.4 is 0 Å². The van der Waals surface area contributed by atoms with Crippen molar-refractivity contribution in [3.05, 3.63) is 44.3 Å². The second kappa shape index (κ2) is 5.48. The van der Waals surface area contributed by atoms with Gasteiger partial charge in [-0.15, -0.1) is 22.7 Å². The smallest absolute Gasteiger partial charge is 0.0707 e. The lowest BCUT2D eigenvalue weighted by molar-refractivity contribution is -0.151. The van der Waals surface area contributed by atoms with Gasteiger partial charge in [-0.3, -0.25) is 4.90 Å². The van der Waals surface area contributed by atoms with E-state index >= 15 is 0 Å². The maximum Gasteiger partial charge on any atom is 0.0707 e. The van der Waals surface area contributed by atoms with Crippen molar-refractivity contribution in [1.29, 1.82) is 0 Å². The highest BCUT2D eigenvalue weighted by Gasteiger charge is 2.42. The fourth-order valence-electron chi connectivity index (χ4n) is 3.37. The van der Waals surface area contributed by atoms with E-state index in [2.05, 4.69) is 33.9 Å². The molecule has 4 heterocycles. The van der Waals surface area contributed by atoms with Crippen LogP contribution in [0.1, 0.15) is 21.4 Å². The summed E-state index contributed by atoms with van der Waals surface area (Å²) in [5.41, 5.74) is 1.41. The first-order valence-corrected chi connectivity index (χ1v) is 9.10. The van der Waals surface area contributed by atoms with Gasteiger partial charge in [-0.25, -0.2) is 0 Å². The summed E-state index contributed by atoms with van der Waals surface area (Å²) in [6.45, 7) is 3.58. The zero-order chi connectivity index (χ0) is 14.3. The molecule has 1 fully saturated rings. The monoisotopic (exact) mass is 321 g/mol. The van der Waals surface area contributed by atoms with Crippen molar-refractivity contribution in [1.82, 2.24) is 4.90 Å². The Labute approximate surface area is 132 Å². The summed E-state index contributed by atoms with van der Waals surface area (Å²) in [6, 6.07) is 6.99. The van der Waals surface area contributed by atoms with E-state index in [0.29, 0.717) is 19.3 Å². The molecule has 1 N–H and O–H groups in total. The number of fused-ring (bicyclic) bond motifs is 1. The van der Waals surface area contributed by atoms with Crippen molar-refractivity contribution < 1.29 is 9.84 Å². The van der Waals surface area contributed by atoms with E-state index < -0.39 is 0 Å². The SMILES string of the molecule is OCC1(CN2CCc3sccc3C2c2cccs2)COC1. The minimum Gasteiger partial charge on any atom is -0.396 e. The van der Waals surface area contributed by atoms with Gasteiger partial charge in [-0.1, -0.05) is 6.07 Å². The molecule has 0 saturated carbocycles. The summed E-state index contributed by atoms with van der Waals surface area (Å²) < 4.78 is 5.37. The van der Waals surface area contributed by atoms with Gasteiger partial charge in [-0.2, -0.15) is 0 Å². The van der Waals surface area contributed by atoms with Gasteiger partial charge in [0.2, 0.25) is 0 Å². The van der Waals surface area contributed by atoms with Crippen LogP contribution in [0.3, 0.4) is 0 Å². The molecule has 1 atom stereocenters. The average molecular weight is 321 g/mol. The first kappa shape index (κ1) is 13.9. The summed E-state index contributed by atoms with van der Waals surface area (Å²) in [5.74, 6) is 0. The number of aliphatic hydroxyl groups is 1. The fraction of sp³-hybridized carbons (Fsp3) is 0.500. The first-order valence-electron chi connectivity index (χ1n) is 7.34. The van der Waals surface area contributed by atoms with Crippen molar-refractivity contribution in [3.63, 3.8) is 0 Å². The lowest BCUT2D eigenvalue weighted by Crippen LogP contribution is -2.54. The van der Waals surface area contributed by atoms with Crippen LogP contribution in [0.15, 0.2) is 29.0 Å². The Morgan fingerprint density at radius 3 is 2.86 bits per heavy atom. The number of ether oxygens (including phenoxy) is 1. The Bertz CT molecular complexity index is 598. The number of thiophene rings is 2. The molecule has 21 heavy (non-hydrogen) atoms. The quantitative estimate of drug-likeness (QED) is 0.940. The Morgan fingerprint density at radius 2 is 2.19 bits per heavy atom. The topological polar surface area (TPSA) is 32.7 Å². The summed E-state index contributed by atoms with van der Waals surface area (Å²) in [5, 5.41) is 14.1. The molecule has 2 aliphatic heterocycles. The van der Waals surface area contributed by atoms with Gasteiger partial charge in [-0.05, 0) is 34.9 Å². The Morgan fingerprint density at radius 1 is 1.29 bits per heavy atom. The minimum atomic E-state index is -0.0525. The van der Waals surface area contributed by atoms with E-state index in [1.165, 1.54) is 15.3 Å². The van der Waals surface area contributed by atoms with E-state index in [9.17, 15) is 5.11 Å². The van der Waals surface area contributed by atoms with Gasteiger partial charge in [0.15, 0.2) is 0 Å². The third-order valence-corrected chi connectivity index (χ3v) is 6.49. The van der Waals surface area contributed by atoms with Crippen LogP contribution in [0.25, 0.3) is 0 Å². The normalized spacial score (nSPS) is 24.5. The van der Waals surface area contributed by atoms with Gasteiger partial charge in [0, 0.05) is 22.8 Å². The van der Waals surface area contributed by atoms with Gasteiger partial charge in [0.25, 0.3) is 0 Å². The lowest BCUT2D eigenvalue weighted by Gasteiger charge is -2.46. The fourth-order valence-corrected chi connectivity index (χ4v) is 5.15. The second-order valence-corrected chi connectivity index (χ2v) is 8.07. The van der Waals surface area contributed by atoms with Crippen molar-refractivity contribution in [3.8, 4) is 0 Å². The third-order valence-electron chi connectivity index (χ3n) is 4.57. The Kier molecular flexibility index (Phi) is 3.63. The zero-order valence-electron chi connectivity index (χ0n) is 11.8. The molecule has 4 rings (SSSR count). The number of rotatable bonds is 4. The van der Waals surface area contributed by atoms with Crippen LogP contribution in [-0.4, -0.2) is 42.9 Å². The molecule has 2 aromatic rings.